The number of oxime groups is 1. The van der Waals surface area contributed by atoms with Gasteiger partial charge in [0.25, 0.3) is 5.91 Å². The molecule has 0 aromatic carbocycles. The number of nitrogens with one attached hydrogen (secondary N) is 2. The number of fused-ring (bicyclic) bond motifs is 5. The van der Waals surface area contributed by atoms with E-state index < -0.39 is 42.1 Å². The highest BCUT2D eigenvalue weighted by molar-refractivity contribution is 5.96. The van der Waals surface area contributed by atoms with Crippen molar-refractivity contribution < 1.29 is 34.5 Å². The Bertz CT molecular complexity index is 1160. The van der Waals surface area contributed by atoms with Gasteiger partial charge in [-0.1, -0.05) is 44.3 Å². The quantitative estimate of drug-likeness (QED) is 0.210. The van der Waals surface area contributed by atoms with Gasteiger partial charge in [0.1, 0.15) is 17.7 Å². The molecule has 4 aliphatic rings. The van der Waals surface area contributed by atoms with Crippen molar-refractivity contribution in [2.45, 2.75) is 96.7 Å². The Morgan fingerprint density at radius 1 is 1.12 bits per heavy atom. The van der Waals surface area contributed by atoms with Gasteiger partial charge < -0.3 is 30.8 Å². The molecule has 0 radical (unpaired) electrons. The van der Waals surface area contributed by atoms with E-state index in [9.17, 15) is 19.5 Å². The van der Waals surface area contributed by atoms with E-state index in [1.807, 2.05) is 0 Å². The average Bonchev–Trinajstić information content (AvgIpc) is 3.20. The number of aliphatic hydroxyl groups is 2. The number of nitrogens with zero attached hydrogens (tertiary/aromatic N) is 1. The average molecular weight is 572 g/mol. The Balaban J connectivity index is 1.36. The van der Waals surface area contributed by atoms with Crippen LogP contribution in [0.3, 0.4) is 0 Å². The number of allylic oxidation sites excluding steroid dienone is 2. The molecule has 0 saturated heterocycles. The van der Waals surface area contributed by atoms with Crippen molar-refractivity contribution in [3.8, 4) is 12.3 Å². The second kappa shape index (κ2) is 11.8. The fraction of sp³-hybridized carbons (Fsp3) is 0.742. The van der Waals surface area contributed by atoms with E-state index in [4.69, 9.17) is 21.5 Å². The third kappa shape index (κ3) is 5.63. The monoisotopic (exact) mass is 571 g/mol. The third-order valence-corrected chi connectivity index (χ3v) is 10.8. The summed E-state index contributed by atoms with van der Waals surface area (Å²) in [5.74, 6) is 1.33. The number of aliphatic carboxylic acids is 1. The van der Waals surface area contributed by atoms with Crippen LogP contribution in [0.15, 0.2) is 16.8 Å². The first-order valence-corrected chi connectivity index (χ1v) is 14.8. The van der Waals surface area contributed by atoms with Gasteiger partial charge in [-0.25, -0.2) is 4.79 Å². The van der Waals surface area contributed by atoms with Gasteiger partial charge in [0.15, 0.2) is 6.61 Å². The predicted octanol–water partition coefficient (Wildman–Crippen LogP) is 2.39. The number of carbonyl (C=O) groups excluding carboxylic acids is 2. The highest BCUT2D eigenvalue weighted by Crippen LogP contribution is 2.67. The number of rotatable bonds is 9. The van der Waals surface area contributed by atoms with Crippen LogP contribution in [0.5, 0.6) is 0 Å². The lowest BCUT2D eigenvalue weighted by atomic mass is 9.46. The largest absolute Gasteiger partial charge is 0.480 e. The highest BCUT2D eigenvalue weighted by atomic mass is 16.6. The number of hydrogen-bond donors (Lipinski definition) is 5. The van der Waals surface area contributed by atoms with Gasteiger partial charge in [-0.3, -0.25) is 9.59 Å². The van der Waals surface area contributed by atoms with Crippen LogP contribution in [-0.2, 0) is 19.2 Å². The minimum absolute atomic E-state index is 0.0672. The molecule has 8 atom stereocenters. The molecular formula is C31H45N3O7. The number of amides is 2. The molecule has 4 rings (SSSR count). The van der Waals surface area contributed by atoms with Gasteiger partial charge in [-0.05, 0) is 86.5 Å². The van der Waals surface area contributed by atoms with E-state index in [-0.39, 0.29) is 23.4 Å². The van der Waals surface area contributed by atoms with Gasteiger partial charge in [-0.15, -0.1) is 6.42 Å². The lowest BCUT2D eigenvalue weighted by Crippen LogP contribution is -2.55. The maximum Gasteiger partial charge on any atom is 0.328 e. The van der Waals surface area contributed by atoms with Crippen molar-refractivity contribution in [2.24, 2.45) is 39.7 Å². The topological polar surface area (TPSA) is 158 Å². The summed E-state index contributed by atoms with van der Waals surface area (Å²) >= 11 is 0. The smallest absolute Gasteiger partial charge is 0.328 e. The summed E-state index contributed by atoms with van der Waals surface area (Å²) in [7, 11) is 0. The van der Waals surface area contributed by atoms with E-state index in [1.165, 1.54) is 5.57 Å². The van der Waals surface area contributed by atoms with Crippen molar-refractivity contribution in [3.05, 3.63) is 11.6 Å². The SMILES string of the molecule is C#C[C@@]1(O)CC[C@@H]2[C@@H]3CCC4=C/C(=N/OCC(=O)N[C@H](C(=O)N[C@@H](CO)C(=O)O)C(C)C)CC[C@]4(C)[C@@H]3CC[C@@]21C. The molecule has 0 bridgehead atoms. The Morgan fingerprint density at radius 2 is 1.83 bits per heavy atom. The summed E-state index contributed by atoms with van der Waals surface area (Å²) < 4.78 is 0. The van der Waals surface area contributed by atoms with Crippen molar-refractivity contribution in [3.63, 3.8) is 0 Å². The molecular weight excluding hydrogens is 526 g/mol. The maximum absolute atomic E-state index is 12.5. The summed E-state index contributed by atoms with van der Waals surface area (Å²) in [6, 6.07) is -2.44. The van der Waals surface area contributed by atoms with E-state index in [0.29, 0.717) is 24.2 Å². The molecule has 0 aromatic heterocycles. The van der Waals surface area contributed by atoms with E-state index >= 15 is 0 Å². The molecule has 41 heavy (non-hydrogen) atoms. The van der Waals surface area contributed by atoms with Crippen LogP contribution in [0, 0.1) is 46.8 Å². The molecule has 2 amide bonds. The summed E-state index contributed by atoms with van der Waals surface area (Å²) in [5, 5.41) is 38.5. The molecule has 0 aromatic rings. The molecule has 3 saturated carbocycles. The summed E-state index contributed by atoms with van der Waals surface area (Å²) in [4.78, 5) is 41.5. The van der Waals surface area contributed by atoms with Crippen molar-refractivity contribution in [1.82, 2.24) is 10.6 Å². The molecule has 10 heteroatoms. The number of carboxylic acids is 1. The van der Waals surface area contributed by atoms with Crippen LogP contribution in [0.1, 0.15) is 79.1 Å². The first-order chi connectivity index (χ1) is 19.3. The van der Waals surface area contributed by atoms with Crippen molar-refractivity contribution in [1.29, 1.82) is 0 Å². The Kier molecular flexibility index (Phi) is 8.91. The second-order valence-corrected chi connectivity index (χ2v) is 13.2. The Labute approximate surface area is 242 Å². The fourth-order valence-corrected chi connectivity index (χ4v) is 8.27. The van der Waals surface area contributed by atoms with Crippen LogP contribution in [0.4, 0.5) is 0 Å². The van der Waals surface area contributed by atoms with Crippen molar-refractivity contribution in [2.75, 3.05) is 13.2 Å². The second-order valence-electron chi connectivity index (χ2n) is 13.2. The first-order valence-electron chi connectivity index (χ1n) is 14.8. The number of terminal acetylenes is 1. The lowest BCUT2D eigenvalue weighted by Gasteiger charge is -2.58. The molecule has 4 aliphatic carbocycles. The molecule has 0 heterocycles. The zero-order valence-electron chi connectivity index (χ0n) is 24.6. The highest BCUT2D eigenvalue weighted by Gasteiger charge is 2.63. The van der Waals surface area contributed by atoms with Crippen LogP contribution in [0.2, 0.25) is 0 Å². The van der Waals surface area contributed by atoms with Gasteiger partial charge >= 0.3 is 5.97 Å². The lowest BCUT2D eigenvalue weighted by molar-refractivity contribution is -0.143. The van der Waals surface area contributed by atoms with Crippen LogP contribution in [0.25, 0.3) is 0 Å². The first kappa shape index (κ1) is 31.0. The minimum Gasteiger partial charge on any atom is -0.480 e. The van der Waals surface area contributed by atoms with E-state index in [0.717, 1.165) is 50.7 Å². The maximum atomic E-state index is 12.5. The minimum atomic E-state index is -1.45. The van der Waals surface area contributed by atoms with Crippen LogP contribution >= 0.6 is 0 Å². The van der Waals surface area contributed by atoms with Crippen molar-refractivity contribution >= 4 is 23.5 Å². The summed E-state index contributed by atoms with van der Waals surface area (Å²) in [6.07, 6.45) is 15.3. The van der Waals surface area contributed by atoms with E-state index in [2.05, 4.69) is 41.6 Å². The Morgan fingerprint density at radius 3 is 2.46 bits per heavy atom. The van der Waals surface area contributed by atoms with Gasteiger partial charge in [0, 0.05) is 5.41 Å². The standard InChI is InChI=1S/C31H45N3O7/c1-6-31(40)14-11-23-21-8-7-19-15-20(9-12-29(19,4)22(21)10-13-30(23,31)5)34-41-17-25(36)33-26(18(2)3)27(37)32-24(16-35)28(38)39/h1,15,18,21-24,26,35,40H,7-14,16-17H2,2-5H3,(H,32,37)(H,33,36)(H,38,39)/b34-20+/t21-,22-,23-,24+,26+,29+,30+,31-/m1/s1. The molecule has 0 aliphatic heterocycles. The molecule has 10 nitrogen and oxygen atoms in total. The molecule has 5 N–H and O–H groups in total. The summed E-state index contributed by atoms with van der Waals surface area (Å²) in [6.45, 7) is 6.86. The van der Waals surface area contributed by atoms with Gasteiger partial charge in [0.2, 0.25) is 5.91 Å². The summed E-state index contributed by atoms with van der Waals surface area (Å²) in [5.41, 5.74) is 1.01. The fourth-order valence-electron chi connectivity index (χ4n) is 8.27. The van der Waals surface area contributed by atoms with Crippen LogP contribution < -0.4 is 10.6 Å². The zero-order valence-corrected chi connectivity index (χ0v) is 24.6. The zero-order chi connectivity index (χ0) is 30.2. The number of hydrogen-bond acceptors (Lipinski definition) is 7. The Hall–Kier alpha value is -2.90. The molecule has 0 spiro atoms. The molecule has 0 unspecified atom stereocenters. The molecule has 3 fully saturated rings. The third-order valence-electron chi connectivity index (χ3n) is 10.8. The van der Waals surface area contributed by atoms with E-state index in [1.54, 1.807) is 13.8 Å². The normalized spacial score (nSPS) is 36.6. The number of carbonyl (C=O) groups is 3. The molecule has 226 valence electrons. The van der Waals surface area contributed by atoms with Gasteiger partial charge in [0.05, 0.1) is 12.3 Å². The van der Waals surface area contributed by atoms with Gasteiger partial charge in [-0.2, -0.15) is 0 Å². The number of carboxylic acid groups (broad SMARTS) is 1. The predicted molar refractivity (Wildman–Crippen MR) is 152 cm³/mol. The van der Waals surface area contributed by atoms with Crippen LogP contribution in [-0.4, -0.2) is 69.7 Å². The number of aliphatic hydroxyl groups excluding tert-OH is 1.